The molecule has 3 aromatic rings. The maximum atomic E-state index is 10.5. The Kier molecular flexibility index (Phi) is 6.20. The van der Waals surface area contributed by atoms with Crippen LogP contribution in [0.2, 0.25) is 5.02 Å². The standard InChI is InChI=1S/C25H28ClN3OS/c1-5-17-10-11-19(17)27-15-16(2)22-12-13-23(31-22)21-14-24(25(3,4)30)28-29(21)20-9-7-6-8-18(20)26/h6-9,12-15,17,19,30H,2,5,10-11H2,1,3-4H3. The minimum absolute atomic E-state index is 0.442. The molecule has 4 rings (SSSR count). The van der Waals surface area contributed by atoms with Crippen LogP contribution in [-0.4, -0.2) is 27.1 Å². The van der Waals surface area contributed by atoms with Crippen LogP contribution in [0.3, 0.4) is 0 Å². The summed E-state index contributed by atoms with van der Waals surface area (Å²) in [5, 5.41) is 15.8. The highest BCUT2D eigenvalue weighted by molar-refractivity contribution is 7.16. The normalized spacial score (nSPS) is 19.0. The lowest BCUT2D eigenvalue weighted by molar-refractivity contribution is 0.0734. The summed E-state index contributed by atoms with van der Waals surface area (Å²) in [7, 11) is 0. The molecule has 0 aliphatic heterocycles. The maximum absolute atomic E-state index is 10.5. The lowest BCUT2D eigenvalue weighted by Gasteiger charge is -2.32. The quantitative estimate of drug-likeness (QED) is 0.402. The number of benzene rings is 1. The Morgan fingerprint density at radius 3 is 2.74 bits per heavy atom. The predicted octanol–water partition coefficient (Wildman–Crippen LogP) is 6.75. The monoisotopic (exact) mass is 453 g/mol. The Hall–Kier alpha value is -2.21. The van der Waals surface area contributed by atoms with E-state index in [0.29, 0.717) is 22.7 Å². The topological polar surface area (TPSA) is 50.4 Å². The molecule has 4 nitrogen and oxygen atoms in total. The number of aliphatic hydroxyl groups is 1. The van der Waals surface area contributed by atoms with Crippen LogP contribution in [0.4, 0.5) is 0 Å². The van der Waals surface area contributed by atoms with E-state index in [2.05, 4.69) is 30.7 Å². The first-order valence-electron chi connectivity index (χ1n) is 10.7. The van der Waals surface area contributed by atoms with Crippen LogP contribution in [-0.2, 0) is 5.60 Å². The van der Waals surface area contributed by atoms with Crippen LogP contribution < -0.4 is 0 Å². The van der Waals surface area contributed by atoms with E-state index in [9.17, 15) is 5.11 Å². The molecule has 1 aliphatic rings. The third-order valence-corrected chi connectivity index (χ3v) is 7.42. The highest BCUT2D eigenvalue weighted by Gasteiger charge is 2.28. The van der Waals surface area contributed by atoms with Gasteiger partial charge in [-0.05, 0) is 62.9 Å². The summed E-state index contributed by atoms with van der Waals surface area (Å²) in [5.41, 5.74) is 2.12. The van der Waals surface area contributed by atoms with E-state index >= 15 is 0 Å². The second kappa shape index (κ2) is 8.73. The number of hydrogen-bond donors (Lipinski definition) is 1. The highest BCUT2D eigenvalue weighted by Crippen LogP contribution is 2.37. The van der Waals surface area contributed by atoms with Gasteiger partial charge in [0, 0.05) is 16.7 Å². The summed E-state index contributed by atoms with van der Waals surface area (Å²) in [5.74, 6) is 0.716. The van der Waals surface area contributed by atoms with Gasteiger partial charge < -0.3 is 5.11 Å². The van der Waals surface area contributed by atoms with Crippen molar-refractivity contribution < 1.29 is 5.11 Å². The molecule has 1 saturated carbocycles. The first-order valence-corrected chi connectivity index (χ1v) is 11.9. The minimum atomic E-state index is -1.06. The number of thiophene rings is 1. The molecule has 0 saturated heterocycles. The number of aliphatic imine (C=N–C) groups is 1. The molecule has 0 spiro atoms. The van der Waals surface area contributed by atoms with Crippen LogP contribution >= 0.6 is 22.9 Å². The van der Waals surface area contributed by atoms with E-state index in [4.69, 9.17) is 16.6 Å². The summed E-state index contributed by atoms with van der Waals surface area (Å²) in [6, 6.07) is 14.1. The van der Waals surface area contributed by atoms with Gasteiger partial charge in [0.25, 0.3) is 0 Å². The van der Waals surface area contributed by atoms with Crippen LogP contribution in [0.5, 0.6) is 0 Å². The van der Waals surface area contributed by atoms with Crippen LogP contribution in [0, 0.1) is 5.92 Å². The van der Waals surface area contributed by atoms with E-state index in [0.717, 1.165) is 26.7 Å². The van der Waals surface area contributed by atoms with Crippen molar-refractivity contribution in [1.29, 1.82) is 0 Å². The number of allylic oxidation sites excluding steroid dienone is 1. The van der Waals surface area contributed by atoms with Crippen molar-refractivity contribution in [3.63, 3.8) is 0 Å². The Labute approximate surface area is 192 Å². The predicted molar refractivity (Wildman–Crippen MR) is 131 cm³/mol. The van der Waals surface area contributed by atoms with Gasteiger partial charge in [0.15, 0.2) is 0 Å². The number of para-hydroxylation sites is 1. The van der Waals surface area contributed by atoms with Crippen molar-refractivity contribution in [1.82, 2.24) is 9.78 Å². The van der Waals surface area contributed by atoms with Gasteiger partial charge in [-0.1, -0.05) is 43.7 Å². The summed E-state index contributed by atoms with van der Waals surface area (Å²) >= 11 is 8.10. The van der Waals surface area contributed by atoms with E-state index in [1.54, 1.807) is 25.2 Å². The number of nitrogens with zero attached hydrogens (tertiary/aromatic N) is 3. The van der Waals surface area contributed by atoms with Gasteiger partial charge in [-0.25, -0.2) is 4.68 Å². The van der Waals surface area contributed by atoms with Crippen LogP contribution in [0.1, 0.15) is 50.6 Å². The molecule has 1 fully saturated rings. The lowest BCUT2D eigenvalue weighted by Crippen LogP contribution is -2.29. The van der Waals surface area contributed by atoms with Gasteiger partial charge >= 0.3 is 0 Å². The molecule has 6 heteroatoms. The fourth-order valence-electron chi connectivity index (χ4n) is 3.78. The fourth-order valence-corrected chi connectivity index (χ4v) is 4.94. The molecule has 2 aromatic heterocycles. The molecule has 1 aromatic carbocycles. The fraction of sp³-hybridized carbons (Fsp3) is 0.360. The molecule has 31 heavy (non-hydrogen) atoms. The SMILES string of the molecule is C=C(C=NC1CCC1CC)c1ccc(-c2cc(C(C)(C)O)nn2-c2ccccc2Cl)s1. The smallest absolute Gasteiger partial charge is 0.103 e. The second-order valence-corrected chi connectivity index (χ2v) is 10.1. The zero-order chi connectivity index (χ0) is 22.2. The average molecular weight is 454 g/mol. The number of hydrogen-bond acceptors (Lipinski definition) is 4. The highest BCUT2D eigenvalue weighted by atomic mass is 35.5. The van der Waals surface area contributed by atoms with Crippen molar-refractivity contribution >= 4 is 34.7 Å². The van der Waals surface area contributed by atoms with E-state index in [-0.39, 0.29) is 0 Å². The van der Waals surface area contributed by atoms with Crippen molar-refractivity contribution in [3.05, 3.63) is 64.6 Å². The molecule has 2 unspecified atom stereocenters. The maximum Gasteiger partial charge on any atom is 0.103 e. The third-order valence-electron chi connectivity index (χ3n) is 5.92. The first-order chi connectivity index (χ1) is 14.8. The van der Waals surface area contributed by atoms with Crippen molar-refractivity contribution in [2.75, 3.05) is 0 Å². The molecule has 0 bridgehead atoms. The molecule has 0 radical (unpaired) electrons. The Bertz CT molecular complexity index is 1120. The molecule has 2 heterocycles. The van der Waals surface area contributed by atoms with Gasteiger partial charge in [-0.2, -0.15) is 5.10 Å². The van der Waals surface area contributed by atoms with E-state index < -0.39 is 5.60 Å². The largest absolute Gasteiger partial charge is 0.384 e. The summed E-state index contributed by atoms with van der Waals surface area (Å²) in [6.07, 6.45) is 5.57. The zero-order valence-corrected chi connectivity index (χ0v) is 19.7. The van der Waals surface area contributed by atoms with Gasteiger partial charge in [0.1, 0.15) is 5.60 Å². The number of rotatable bonds is 7. The van der Waals surface area contributed by atoms with E-state index in [1.807, 2.05) is 41.2 Å². The van der Waals surface area contributed by atoms with Gasteiger partial charge in [-0.3, -0.25) is 4.99 Å². The van der Waals surface area contributed by atoms with Crippen LogP contribution in [0.15, 0.2) is 54.0 Å². The zero-order valence-electron chi connectivity index (χ0n) is 18.2. The molecular formula is C25H28ClN3OS. The molecule has 1 aliphatic carbocycles. The molecule has 1 N–H and O–H groups in total. The number of aromatic nitrogens is 2. The van der Waals surface area contributed by atoms with Crippen molar-refractivity contribution in [2.24, 2.45) is 10.9 Å². The summed E-state index contributed by atoms with van der Waals surface area (Å²) in [6.45, 7) is 9.93. The Morgan fingerprint density at radius 1 is 1.32 bits per heavy atom. The van der Waals surface area contributed by atoms with Crippen molar-refractivity contribution in [3.8, 4) is 16.3 Å². The molecule has 0 amide bonds. The average Bonchev–Trinajstić information content (AvgIpc) is 3.35. The Balaban J connectivity index is 1.66. The minimum Gasteiger partial charge on any atom is -0.384 e. The van der Waals surface area contributed by atoms with Gasteiger partial charge in [-0.15, -0.1) is 11.3 Å². The summed E-state index contributed by atoms with van der Waals surface area (Å²) in [4.78, 5) is 6.87. The van der Waals surface area contributed by atoms with Gasteiger partial charge in [0.2, 0.25) is 0 Å². The van der Waals surface area contributed by atoms with Crippen molar-refractivity contribution in [2.45, 2.75) is 51.7 Å². The molecule has 162 valence electrons. The number of halogens is 1. The first kappa shape index (κ1) is 22.0. The van der Waals surface area contributed by atoms with Gasteiger partial charge in [0.05, 0.1) is 33.0 Å². The summed E-state index contributed by atoms with van der Waals surface area (Å²) < 4.78 is 1.81. The molecular weight excluding hydrogens is 426 g/mol. The second-order valence-electron chi connectivity index (χ2n) is 8.62. The lowest BCUT2D eigenvalue weighted by atomic mass is 9.78. The molecule has 2 atom stereocenters. The Morgan fingerprint density at radius 2 is 2.10 bits per heavy atom. The van der Waals surface area contributed by atoms with Crippen LogP contribution in [0.25, 0.3) is 21.8 Å². The third kappa shape index (κ3) is 4.54. The van der Waals surface area contributed by atoms with E-state index in [1.165, 1.54) is 19.3 Å².